The smallest absolute Gasteiger partial charge is 0.416 e. The summed E-state index contributed by atoms with van der Waals surface area (Å²) in [7, 11) is 3.08. The average molecular weight is 960 g/mol. The zero-order valence-corrected chi connectivity index (χ0v) is 37.3. The normalized spacial score (nSPS) is 23.9. The monoisotopic (exact) mass is 959 g/mol. The van der Waals surface area contributed by atoms with Crippen LogP contribution in [0, 0.1) is 11.8 Å². The number of carbonyl (C=O) groups excluding carboxylic acids is 2. The lowest BCUT2D eigenvalue weighted by molar-refractivity contribution is -0.275. The Morgan fingerprint density at radius 3 is 1.71 bits per heavy atom. The number of rotatable bonds is 17. The van der Waals surface area contributed by atoms with Crippen LogP contribution in [0.5, 0.6) is 11.5 Å². The first-order valence-electron chi connectivity index (χ1n) is 21.3. The molecule has 2 aliphatic heterocycles. The third kappa shape index (κ3) is 13.9. The van der Waals surface area contributed by atoms with E-state index in [9.17, 15) is 41.5 Å². The first kappa shape index (κ1) is 51.1. The Morgan fingerprint density at radius 2 is 1.22 bits per heavy atom. The number of azide groups is 1. The first-order chi connectivity index (χ1) is 32.4. The van der Waals surface area contributed by atoms with E-state index < -0.39 is 84.2 Å². The van der Waals surface area contributed by atoms with Gasteiger partial charge in [0.2, 0.25) is 0 Å². The second-order valence-corrected chi connectivity index (χ2v) is 16.1. The molecule has 4 amide bonds. The summed E-state index contributed by atoms with van der Waals surface area (Å²) >= 11 is 0. The topological polar surface area (TPSA) is 196 Å². The van der Waals surface area contributed by atoms with Crippen LogP contribution in [0.3, 0.4) is 0 Å². The van der Waals surface area contributed by atoms with Gasteiger partial charge < -0.3 is 54.4 Å². The Morgan fingerprint density at radius 1 is 0.721 bits per heavy atom. The van der Waals surface area contributed by atoms with E-state index in [4.69, 9.17) is 33.2 Å². The lowest BCUT2D eigenvalue weighted by atomic mass is 9.82. The van der Waals surface area contributed by atoms with Crippen LogP contribution in [0.4, 0.5) is 47.3 Å². The van der Waals surface area contributed by atoms with Crippen molar-refractivity contribution in [3.05, 3.63) is 130 Å². The fourth-order valence-electron chi connectivity index (χ4n) is 7.70. The number of amides is 4. The van der Waals surface area contributed by atoms with Gasteiger partial charge in [0.25, 0.3) is 0 Å². The number of ether oxygens (including phenoxy) is 7. The number of halogens is 6. The van der Waals surface area contributed by atoms with Crippen molar-refractivity contribution in [3.63, 3.8) is 0 Å². The van der Waals surface area contributed by atoms with Crippen molar-refractivity contribution in [2.75, 3.05) is 44.7 Å². The van der Waals surface area contributed by atoms with E-state index >= 15 is 0 Å². The highest BCUT2D eigenvalue weighted by molar-refractivity contribution is 5.90. The molecule has 2 saturated heterocycles. The zero-order chi connectivity index (χ0) is 49.0. The number of hydrogen-bond acceptors (Lipinski definition) is 10. The highest BCUT2D eigenvalue weighted by Gasteiger charge is 2.49. The molecule has 0 aliphatic carbocycles. The maximum absolute atomic E-state index is 13.7. The molecule has 68 heavy (non-hydrogen) atoms. The minimum atomic E-state index is -4.70. The molecular formula is C46H51F6N7O9. The number of benzene rings is 4. The molecule has 0 aromatic heterocycles. The van der Waals surface area contributed by atoms with Gasteiger partial charge >= 0.3 is 24.4 Å². The van der Waals surface area contributed by atoms with Crippen molar-refractivity contribution in [1.82, 2.24) is 10.6 Å². The highest BCUT2D eigenvalue weighted by Crippen LogP contribution is 2.36. The van der Waals surface area contributed by atoms with Crippen LogP contribution in [0.15, 0.2) is 102 Å². The van der Waals surface area contributed by atoms with Crippen LogP contribution in [0.25, 0.3) is 10.4 Å². The fourth-order valence-corrected chi connectivity index (χ4v) is 7.70. The van der Waals surface area contributed by atoms with Crippen LogP contribution in [0.1, 0.15) is 36.1 Å². The Balaban J connectivity index is 1.28. The van der Waals surface area contributed by atoms with E-state index in [1.165, 1.54) is 19.2 Å². The minimum Gasteiger partial charge on any atom is -0.497 e. The van der Waals surface area contributed by atoms with E-state index in [-0.39, 0.29) is 50.3 Å². The molecule has 22 heteroatoms. The summed E-state index contributed by atoms with van der Waals surface area (Å²) in [6.07, 6.45) is -13.8. The predicted molar refractivity (Wildman–Crippen MR) is 235 cm³/mol. The Labute approximate surface area is 387 Å². The highest BCUT2D eigenvalue weighted by atomic mass is 19.4. The number of nitrogens with zero attached hydrogens (tertiary/aromatic N) is 3. The Bertz CT molecular complexity index is 2340. The maximum Gasteiger partial charge on any atom is 0.416 e. The third-order valence-electron chi connectivity index (χ3n) is 11.6. The van der Waals surface area contributed by atoms with Crippen molar-refractivity contribution < 1.29 is 69.1 Å². The van der Waals surface area contributed by atoms with Gasteiger partial charge in [-0.25, -0.2) is 9.59 Å². The fraction of sp³-hybridized carbons (Fsp3) is 0.435. The summed E-state index contributed by atoms with van der Waals surface area (Å²) in [4.78, 5) is 30.2. The average Bonchev–Trinajstić information content (AvgIpc) is 3.30. The molecule has 2 aliphatic rings. The summed E-state index contributed by atoms with van der Waals surface area (Å²) in [5, 5.41) is 14.3. The number of anilines is 2. The van der Waals surface area contributed by atoms with Crippen molar-refractivity contribution >= 4 is 23.4 Å². The molecule has 9 atom stereocenters. The molecule has 0 bridgehead atoms. The number of hydrogen-bond donors (Lipinski definition) is 4. The molecule has 4 aromatic carbocycles. The van der Waals surface area contributed by atoms with Crippen molar-refractivity contribution in [2.24, 2.45) is 17.0 Å². The van der Waals surface area contributed by atoms with Crippen molar-refractivity contribution in [3.8, 4) is 11.5 Å². The molecule has 0 radical (unpaired) electrons. The molecule has 2 heterocycles. The quantitative estimate of drug-likeness (QED) is 0.0345. The lowest BCUT2D eigenvalue weighted by Crippen LogP contribution is -2.65. The molecule has 4 N–H and O–H groups in total. The molecule has 4 unspecified atom stereocenters. The maximum atomic E-state index is 13.7. The third-order valence-corrected chi connectivity index (χ3v) is 11.6. The van der Waals surface area contributed by atoms with Gasteiger partial charge in [-0.05, 0) is 89.2 Å². The van der Waals surface area contributed by atoms with Gasteiger partial charge in [0.1, 0.15) is 11.5 Å². The molecule has 4 aromatic rings. The van der Waals surface area contributed by atoms with Crippen LogP contribution in [-0.2, 0) is 49.3 Å². The van der Waals surface area contributed by atoms with Gasteiger partial charge in [0.15, 0.2) is 6.29 Å². The molecule has 366 valence electrons. The van der Waals surface area contributed by atoms with Gasteiger partial charge in [-0.1, -0.05) is 55.4 Å². The summed E-state index contributed by atoms with van der Waals surface area (Å²) in [6, 6.07) is 16.9. The van der Waals surface area contributed by atoms with E-state index in [1.54, 1.807) is 50.4 Å². The van der Waals surface area contributed by atoms with Crippen molar-refractivity contribution in [2.45, 2.75) is 82.1 Å². The molecule has 6 rings (SSSR count). The van der Waals surface area contributed by atoms with E-state index in [0.717, 1.165) is 47.5 Å². The minimum absolute atomic E-state index is 0.0248. The van der Waals surface area contributed by atoms with Gasteiger partial charge in [-0.15, -0.1) is 0 Å². The van der Waals surface area contributed by atoms with Crippen LogP contribution in [-0.4, -0.2) is 88.8 Å². The second-order valence-electron chi connectivity index (χ2n) is 16.1. The standard InChI is InChI=1S/C46H51F6N7O9/c1-26-27(2)39(57-44(61)55-33-10-6-8-31(20-33)46(50,51)52)42(67-37(26)24-64-21-28-11-15-34(62-3)16-12-28)68-41-36(56-43(60)54-32-9-5-7-30(19-32)45(47,48)49)23-66-38(40(41)58-59-53)25-65-22-29-13-17-35(63-4)18-14-29/h5-20,26-27,36-42H,21-25H2,1-4H3,(H2,54,56,60)(H2,55,57,61)/t26-,27+,36?,37?,38?,39?,40+,41-,42+/m1/s1. The molecule has 0 spiro atoms. The summed E-state index contributed by atoms with van der Waals surface area (Å²) < 4.78 is 123. The van der Waals surface area contributed by atoms with Crippen LogP contribution in [0.2, 0.25) is 0 Å². The first-order valence-corrected chi connectivity index (χ1v) is 21.3. The predicted octanol–water partition coefficient (Wildman–Crippen LogP) is 9.32. The van der Waals surface area contributed by atoms with E-state index in [2.05, 4.69) is 31.3 Å². The van der Waals surface area contributed by atoms with E-state index in [0.29, 0.717) is 11.5 Å². The van der Waals surface area contributed by atoms with Gasteiger partial charge in [-0.2, -0.15) is 26.3 Å². The lowest BCUT2D eigenvalue weighted by Gasteiger charge is -2.48. The number of methoxy groups -OCH3 is 2. The summed E-state index contributed by atoms with van der Waals surface area (Å²) in [6.45, 7) is 3.52. The molecule has 2 fully saturated rings. The number of urea groups is 2. The molecular weight excluding hydrogens is 909 g/mol. The largest absolute Gasteiger partial charge is 0.497 e. The Hall–Kier alpha value is -6.29. The van der Waals surface area contributed by atoms with E-state index in [1.807, 2.05) is 19.1 Å². The van der Waals surface area contributed by atoms with Gasteiger partial charge in [-0.3, -0.25) is 0 Å². The SMILES string of the molecule is COc1ccc(COCC2O[C@@H](O[C@@H]3C(NC(=O)Nc4cccc(C(F)(F)F)c4)COC(COCc4ccc(OC)cc4)[C@@H]3N=[N+]=[N-])C(NC(=O)Nc3cccc(C(F)(F)F)c3)[C@@H](C)[C@H]2C)cc1. The molecule has 0 saturated carbocycles. The number of nitrogens with one attached hydrogen (secondary N) is 4. The Kier molecular flexibility index (Phi) is 17.4. The summed E-state index contributed by atoms with van der Waals surface area (Å²) in [5.41, 5.74) is 9.17. The number of carbonyl (C=O) groups is 2. The van der Waals surface area contributed by atoms with Crippen molar-refractivity contribution in [1.29, 1.82) is 0 Å². The second kappa shape index (κ2) is 23.1. The molecule has 16 nitrogen and oxygen atoms in total. The van der Waals surface area contributed by atoms with Crippen LogP contribution < -0.4 is 30.7 Å². The van der Waals surface area contributed by atoms with Gasteiger partial charge in [0, 0.05) is 16.3 Å². The number of alkyl halides is 6. The van der Waals surface area contributed by atoms with Gasteiger partial charge in [0.05, 0.1) is 94.8 Å². The summed E-state index contributed by atoms with van der Waals surface area (Å²) in [5.74, 6) is 0.441. The van der Waals surface area contributed by atoms with Crippen LogP contribution >= 0.6 is 0 Å². The zero-order valence-electron chi connectivity index (χ0n) is 37.3.